The molecule has 0 atom stereocenters. The van der Waals surface area contributed by atoms with Crippen molar-refractivity contribution in [1.82, 2.24) is 0 Å². The summed E-state index contributed by atoms with van der Waals surface area (Å²) in [5.74, 6) is -0.704. The van der Waals surface area contributed by atoms with Gasteiger partial charge in [0, 0.05) is 6.42 Å². The molecule has 80 valence electrons. The van der Waals surface area contributed by atoms with Crippen LogP contribution in [-0.4, -0.2) is 11.1 Å². The van der Waals surface area contributed by atoms with Crippen molar-refractivity contribution in [3.8, 4) is 0 Å². The summed E-state index contributed by atoms with van der Waals surface area (Å²) in [5.41, 5.74) is 0. The zero-order valence-corrected chi connectivity index (χ0v) is 8.91. The van der Waals surface area contributed by atoms with Crippen LogP contribution in [0, 0.1) is 0 Å². The summed E-state index contributed by atoms with van der Waals surface area (Å²) in [4.78, 5) is 10.2. The van der Waals surface area contributed by atoms with E-state index in [4.69, 9.17) is 5.11 Å². The zero-order valence-electron chi connectivity index (χ0n) is 8.91. The van der Waals surface area contributed by atoms with Gasteiger partial charge in [0.1, 0.15) is 0 Å². The molecule has 0 aromatic rings. The van der Waals surface area contributed by atoms with E-state index in [0.717, 1.165) is 32.1 Å². The minimum Gasteiger partial charge on any atom is -0.481 e. The smallest absolute Gasteiger partial charge is 0.303 e. The quantitative estimate of drug-likeness (QED) is 0.476. The van der Waals surface area contributed by atoms with E-state index in [-0.39, 0.29) is 6.42 Å². The second kappa shape index (κ2) is 10.0. The molecule has 0 saturated heterocycles. The first-order valence-electron chi connectivity index (χ1n) is 5.29. The molecule has 0 fully saturated rings. The van der Waals surface area contributed by atoms with Crippen LogP contribution in [0.15, 0.2) is 24.3 Å². The van der Waals surface area contributed by atoms with Gasteiger partial charge in [0.25, 0.3) is 0 Å². The van der Waals surface area contributed by atoms with Crippen molar-refractivity contribution in [1.29, 1.82) is 0 Å². The fraction of sp³-hybridized carbons (Fsp3) is 0.583. The summed E-state index contributed by atoms with van der Waals surface area (Å²) in [5, 5.41) is 8.38. The lowest BCUT2D eigenvalue weighted by Crippen LogP contribution is -1.92. The number of hydrogen-bond donors (Lipinski definition) is 1. The van der Waals surface area contributed by atoms with Gasteiger partial charge in [-0.25, -0.2) is 0 Å². The van der Waals surface area contributed by atoms with Crippen LogP contribution in [0.5, 0.6) is 0 Å². The highest BCUT2D eigenvalue weighted by Crippen LogP contribution is 1.99. The third kappa shape index (κ3) is 11.0. The number of hydrogen-bond acceptors (Lipinski definition) is 1. The number of unbranched alkanes of at least 4 members (excludes halogenated alkanes) is 2. The van der Waals surface area contributed by atoms with Crippen LogP contribution in [0.2, 0.25) is 0 Å². The van der Waals surface area contributed by atoms with E-state index in [1.807, 2.05) is 0 Å². The van der Waals surface area contributed by atoms with Crippen molar-refractivity contribution in [2.24, 2.45) is 0 Å². The molecule has 0 aliphatic rings. The first-order chi connectivity index (χ1) is 6.77. The van der Waals surface area contributed by atoms with Crippen LogP contribution < -0.4 is 0 Å². The minimum atomic E-state index is -0.704. The van der Waals surface area contributed by atoms with Gasteiger partial charge in [-0.2, -0.15) is 0 Å². The number of allylic oxidation sites excluding steroid dienone is 4. The monoisotopic (exact) mass is 196 g/mol. The molecule has 0 aromatic heterocycles. The first kappa shape index (κ1) is 12.9. The lowest BCUT2D eigenvalue weighted by atomic mass is 10.2. The van der Waals surface area contributed by atoms with Crippen molar-refractivity contribution in [3.63, 3.8) is 0 Å². The van der Waals surface area contributed by atoms with Gasteiger partial charge in [0.2, 0.25) is 0 Å². The van der Waals surface area contributed by atoms with Crippen LogP contribution in [0.4, 0.5) is 0 Å². The summed E-state index contributed by atoms with van der Waals surface area (Å²) in [6.07, 6.45) is 13.7. The lowest BCUT2D eigenvalue weighted by molar-refractivity contribution is -0.137. The summed E-state index contributed by atoms with van der Waals surface area (Å²) < 4.78 is 0. The average molecular weight is 196 g/mol. The van der Waals surface area contributed by atoms with Crippen molar-refractivity contribution in [3.05, 3.63) is 24.3 Å². The summed E-state index contributed by atoms with van der Waals surface area (Å²) in [6.45, 7) is 2.12. The predicted molar refractivity (Wildman–Crippen MR) is 59.3 cm³/mol. The van der Waals surface area contributed by atoms with Gasteiger partial charge in [0.05, 0.1) is 0 Å². The van der Waals surface area contributed by atoms with Crippen LogP contribution in [-0.2, 0) is 4.79 Å². The van der Waals surface area contributed by atoms with E-state index >= 15 is 0 Å². The van der Waals surface area contributed by atoms with Crippen molar-refractivity contribution >= 4 is 5.97 Å². The maximum absolute atomic E-state index is 10.2. The number of carboxylic acids is 1. The molecule has 0 unspecified atom stereocenters. The van der Waals surface area contributed by atoms with Gasteiger partial charge < -0.3 is 5.11 Å². The van der Waals surface area contributed by atoms with Crippen LogP contribution in [0.25, 0.3) is 0 Å². The number of rotatable bonds is 8. The van der Waals surface area contributed by atoms with E-state index in [2.05, 4.69) is 31.2 Å². The molecule has 0 radical (unpaired) electrons. The third-order valence-electron chi connectivity index (χ3n) is 1.83. The SMILES string of the molecule is CCC=CCCC=CCCCC(=O)O. The molecule has 2 nitrogen and oxygen atoms in total. The highest BCUT2D eigenvalue weighted by atomic mass is 16.4. The largest absolute Gasteiger partial charge is 0.481 e. The number of aliphatic carboxylic acids is 1. The molecular weight excluding hydrogens is 176 g/mol. The Morgan fingerprint density at radius 2 is 1.64 bits per heavy atom. The van der Waals surface area contributed by atoms with Crippen LogP contribution in [0.1, 0.15) is 45.4 Å². The minimum absolute atomic E-state index is 0.278. The van der Waals surface area contributed by atoms with Crippen LogP contribution >= 0.6 is 0 Å². The fourth-order valence-electron chi connectivity index (χ4n) is 1.08. The molecule has 0 aliphatic heterocycles. The molecule has 14 heavy (non-hydrogen) atoms. The molecule has 0 spiro atoms. The topological polar surface area (TPSA) is 37.3 Å². The Morgan fingerprint density at radius 1 is 1.07 bits per heavy atom. The van der Waals surface area contributed by atoms with E-state index in [1.165, 1.54) is 0 Å². The normalized spacial score (nSPS) is 11.5. The van der Waals surface area contributed by atoms with Gasteiger partial charge in [-0.3, -0.25) is 4.79 Å². The molecule has 0 aromatic carbocycles. The molecule has 0 bridgehead atoms. The first-order valence-corrected chi connectivity index (χ1v) is 5.29. The standard InChI is InChI=1S/C12H20O2/c1-2-3-4-5-6-7-8-9-10-11-12(13)14/h3-4,7-8H,2,5-6,9-11H2,1H3,(H,13,14). The molecule has 0 rings (SSSR count). The van der Waals surface area contributed by atoms with Gasteiger partial charge in [-0.1, -0.05) is 31.2 Å². The molecule has 2 heteroatoms. The van der Waals surface area contributed by atoms with E-state index in [0.29, 0.717) is 0 Å². The van der Waals surface area contributed by atoms with Gasteiger partial charge >= 0.3 is 5.97 Å². The maximum atomic E-state index is 10.2. The third-order valence-corrected chi connectivity index (χ3v) is 1.83. The number of carboxylic acid groups (broad SMARTS) is 1. The maximum Gasteiger partial charge on any atom is 0.303 e. The average Bonchev–Trinajstić information content (AvgIpc) is 2.15. The van der Waals surface area contributed by atoms with Gasteiger partial charge in [0.15, 0.2) is 0 Å². The highest BCUT2D eigenvalue weighted by molar-refractivity contribution is 5.66. The molecule has 0 amide bonds. The Labute approximate surface area is 86.3 Å². The molecule has 1 N–H and O–H groups in total. The summed E-state index contributed by atoms with van der Waals surface area (Å²) in [6, 6.07) is 0. The van der Waals surface area contributed by atoms with Crippen molar-refractivity contribution < 1.29 is 9.90 Å². The summed E-state index contributed by atoms with van der Waals surface area (Å²) in [7, 11) is 0. The Kier molecular flexibility index (Phi) is 9.28. The van der Waals surface area contributed by atoms with Crippen LogP contribution in [0.3, 0.4) is 0 Å². The number of carbonyl (C=O) groups is 1. The molecule has 0 aliphatic carbocycles. The Hall–Kier alpha value is -1.05. The van der Waals surface area contributed by atoms with Crippen molar-refractivity contribution in [2.75, 3.05) is 0 Å². The van der Waals surface area contributed by atoms with E-state index in [9.17, 15) is 4.79 Å². The van der Waals surface area contributed by atoms with Crippen molar-refractivity contribution in [2.45, 2.75) is 45.4 Å². The van der Waals surface area contributed by atoms with Gasteiger partial charge in [-0.15, -0.1) is 0 Å². The zero-order chi connectivity index (χ0) is 10.6. The predicted octanol–water partition coefficient (Wildman–Crippen LogP) is 3.54. The van der Waals surface area contributed by atoms with E-state index < -0.39 is 5.97 Å². The summed E-state index contributed by atoms with van der Waals surface area (Å²) >= 11 is 0. The Morgan fingerprint density at radius 3 is 2.21 bits per heavy atom. The highest BCUT2D eigenvalue weighted by Gasteiger charge is 1.92. The molecular formula is C12H20O2. The van der Waals surface area contributed by atoms with E-state index in [1.54, 1.807) is 0 Å². The molecule has 0 heterocycles. The second-order valence-corrected chi connectivity index (χ2v) is 3.21. The Balaban J connectivity index is 3.19. The Bertz CT molecular complexity index is 192. The fourth-order valence-corrected chi connectivity index (χ4v) is 1.08. The van der Waals surface area contributed by atoms with Gasteiger partial charge in [-0.05, 0) is 32.1 Å². The second-order valence-electron chi connectivity index (χ2n) is 3.21. The molecule has 0 saturated carbocycles. The lowest BCUT2D eigenvalue weighted by Gasteiger charge is -1.90.